The van der Waals surface area contributed by atoms with E-state index in [2.05, 4.69) is 25.2 Å². The van der Waals surface area contributed by atoms with E-state index in [-0.39, 0.29) is 12.1 Å². The molecule has 1 aliphatic carbocycles. The molecule has 2 aromatic carbocycles. The Hall–Kier alpha value is -2.44. The van der Waals surface area contributed by atoms with Gasteiger partial charge in [-0.15, -0.1) is 0 Å². The summed E-state index contributed by atoms with van der Waals surface area (Å²) in [6, 6.07) is 17.0. The van der Waals surface area contributed by atoms with E-state index in [1.807, 2.05) is 37.3 Å². The fraction of sp³-hybridized carbons (Fsp3) is 0.292. The molecule has 0 aliphatic heterocycles. The zero-order chi connectivity index (χ0) is 21.9. The second-order valence-corrected chi connectivity index (χ2v) is 14.9. The van der Waals surface area contributed by atoms with Crippen LogP contribution in [0, 0.1) is 6.92 Å². The fourth-order valence-corrected chi connectivity index (χ4v) is 10.7. The molecule has 0 N–H and O–H groups in total. The van der Waals surface area contributed by atoms with Gasteiger partial charge < -0.3 is 4.74 Å². The number of allylic oxidation sites excluding steroid dienone is 2. The topological polar surface area (TPSA) is 60.4 Å². The van der Waals surface area contributed by atoms with Crippen molar-refractivity contribution in [3.05, 3.63) is 84.0 Å². The number of hydrogen-bond acceptors (Lipinski definition) is 4. The third-order valence-corrected chi connectivity index (χ3v) is 12.1. The number of rotatable bonds is 6. The second-order valence-electron chi connectivity index (χ2n) is 8.14. The van der Waals surface area contributed by atoms with Crippen LogP contribution in [0.25, 0.3) is 0 Å². The molecule has 2 atom stereocenters. The molecule has 0 aromatic heterocycles. The maximum Gasteiger partial charge on any atom is 0.331 e. The van der Waals surface area contributed by atoms with Crippen molar-refractivity contribution >= 4 is 29.1 Å². The molecule has 0 saturated carbocycles. The first-order chi connectivity index (χ1) is 14.2. The summed E-state index contributed by atoms with van der Waals surface area (Å²) in [6.45, 7) is 8.29. The number of carbonyl (C=O) groups is 1. The van der Waals surface area contributed by atoms with Gasteiger partial charge in [0, 0.05) is 11.6 Å². The maximum absolute atomic E-state index is 13.6. The van der Waals surface area contributed by atoms with E-state index in [0.717, 1.165) is 16.3 Å². The lowest BCUT2D eigenvalue weighted by atomic mass is 10.2. The van der Waals surface area contributed by atoms with Crippen LogP contribution in [-0.2, 0) is 19.4 Å². The van der Waals surface area contributed by atoms with Crippen LogP contribution in [0.5, 0.6) is 0 Å². The number of ether oxygens (including phenoxy) is 1. The summed E-state index contributed by atoms with van der Waals surface area (Å²) >= 11 is 0. The summed E-state index contributed by atoms with van der Waals surface area (Å²) < 4.78 is 32.3. The molecule has 30 heavy (non-hydrogen) atoms. The number of esters is 1. The molecule has 4 nitrogen and oxygen atoms in total. The van der Waals surface area contributed by atoms with Crippen molar-refractivity contribution in [2.75, 3.05) is 6.61 Å². The predicted molar refractivity (Wildman–Crippen MR) is 123 cm³/mol. The Kier molecular flexibility index (Phi) is 6.48. The first-order valence-electron chi connectivity index (χ1n) is 10.1. The summed E-state index contributed by atoms with van der Waals surface area (Å²) in [4.78, 5) is 12.5. The van der Waals surface area contributed by atoms with Crippen LogP contribution in [0.2, 0.25) is 18.6 Å². The first-order valence-corrected chi connectivity index (χ1v) is 14.7. The number of sulfone groups is 1. The van der Waals surface area contributed by atoms with Crippen LogP contribution >= 0.6 is 0 Å². The second kappa shape index (κ2) is 8.74. The van der Waals surface area contributed by atoms with Crippen molar-refractivity contribution in [1.29, 1.82) is 0 Å². The van der Waals surface area contributed by atoms with Crippen LogP contribution in [0.15, 0.2) is 83.3 Å². The van der Waals surface area contributed by atoms with Crippen molar-refractivity contribution in [1.82, 2.24) is 0 Å². The Morgan fingerprint density at radius 3 is 2.30 bits per heavy atom. The average molecular weight is 441 g/mol. The number of hydrogen-bond donors (Lipinski definition) is 0. The molecule has 3 rings (SSSR count). The van der Waals surface area contributed by atoms with E-state index < -0.39 is 29.1 Å². The van der Waals surface area contributed by atoms with Crippen molar-refractivity contribution in [2.24, 2.45) is 0 Å². The summed E-state index contributed by atoms with van der Waals surface area (Å²) in [7, 11) is -5.96. The van der Waals surface area contributed by atoms with Gasteiger partial charge in [0.1, 0.15) is 0 Å². The molecular weight excluding hydrogens is 412 g/mol. The highest BCUT2D eigenvalue weighted by Crippen LogP contribution is 2.44. The van der Waals surface area contributed by atoms with Crippen molar-refractivity contribution in [2.45, 2.75) is 42.6 Å². The van der Waals surface area contributed by atoms with Gasteiger partial charge in [-0.05, 0) is 31.6 Å². The highest BCUT2D eigenvalue weighted by atomic mass is 32.2. The quantitative estimate of drug-likeness (QED) is 0.384. The summed E-state index contributed by atoms with van der Waals surface area (Å²) in [5, 5.41) is 0.431. The number of benzene rings is 2. The van der Waals surface area contributed by atoms with Gasteiger partial charge in [-0.3, -0.25) is 0 Å². The molecule has 0 unspecified atom stereocenters. The lowest BCUT2D eigenvalue weighted by molar-refractivity contribution is -0.137. The lowest BCUT2D eigenvalue weighted by Gasteiger charge is -2.35. The minimum Gasteiger partial charge on any atom is -0.463 e. The summed E-state index contributed by atoms with van der Waals surface area (Å²) in [5.74, 6) is -0.437. The predicted octanol–water partition coefficient (Wildman–Crippen LogP) is 4.18. The first kappa shape index (κ1) is 22.2. The van der Waals surface area contributed by atoms with Gasteiger partial charge in [0.25, 0.3) is 0 Å². The third kappa shape index (κ3) is 4.35. The molecule has 0 heterocycles. The zero-order valence-corrected chi connectivity index (χ0v) is 19.6. The third-order valence-electron chi connectivity index (χ3n) is 5.74. The van der Waals surface area contributed by atoms with Gasteiger partial charge in [-0.2, -0.15) is 0 Å². The molecule has 0 amide bonds. The van der Waals surface area contributed by atoms with Crippen LogP contribution in [0.1, 0.15) is 12.5 Å². The average Bonchev–Trinajstić information content (AvgIpc) is 3.14. The highest BCUT2D eigenvalue weighted by Gasteiger charge is 2.47. The molecule has 1 aliphatic rings. The number of carbonyl (C=O) groups excluding carboxylic acids is 1. The molecule has 0 fully saturated rings. The smallest absolute Gasteiger partial charge is 0.331 e. The minimum absolute atomic E-state index is 0.279. The lowest BCUT2D eigenvalue weighted by Crippen LogP contribution is -2.50. The Labute approximate surface area is 180 Å². The maximum atomic E-state index is 13.6. The van der Waals surface area contributed by atoms with Crippen molar-refractivity contribution in [3.8, 4) is 0 Å². The van der Waals surface area contributed by atoms with Gasteiger partial charge in [0.15, 0.2) is 9.84 Å². The SMILES string of the molecule is CCOC(=O)/C=C1\C=C[C@H](S(=O)(=O)c2ccc(C)cc2)[C@H]1[Si](C)(C)c1ccccc1. The standard InChI is InChI=1S/C24H28O4SSi/c1-5-28-23(25)17-19-13-16-22(29(26,27)20-14-11-18(2)12-15-20)24(19)30(3,4)21-9-7-6-8-10-21/h6-17,22,24H,5H2,1-4H3/b19-17+/t22-,24-/m0/s1. The van der Waals surface area contributed by atoms with Gasteiger partial charge in [0.2, 0.25) is 0 Å². The fourth-order valence-electron chi connectivity index (χ4n) is 4.11. The largest absolute Gasteiger partial charge is 0.463 e. The minimum atomic E-state index is -3.62. The molecular formula is C24H28O4SSi. The molecule has 158 valence electrons. The van der Waals surface area contributed by atoms with Crippen LogP contribution in [0.3, 0.4) is 0 Å². The Balaban J connectivity index is 2.11. The molecule has 0 spiro atoms. The van der Waals surface area contributed by atoms with E-state index >= 15 is 0 Å². The van der Waals surface area contributed by atoms with Crippen molar-refractivity contribution < 1.29 is 17.9 Å². The monoisotopic (exact) mass is 440 g/mol. The number of aryl methyl sites for hydroxylation is 1. The van der Waals surface area contributed by atoms with E-state index in [1.54, 1.807) is 31.2 Å². The zero-order valence-electron chi connectivity index (χ0n) is 17.8. The van der Waals surface area contributed by atoms with E-state index in [9.17, 15) is 13.2 Å². The highest BCUT2D eigenvalue weighted by molar-refractivity contribution is 7.92. The Bertz CT molecular complexity index is 1070. The van der Waals surface area contributed by atoms with E-state index in [4.69, 9.17) is 4.74 Å². The van der Waals surface area contributed by atoms with Crippen molar-refractivity contribution in [3.63, 3.8) is 0 Å². The van der Waals surface area contributed by atoms with Crippen LogP contribution in [0.4, 0.5) is 0 Å². The summed E-state index contributed by atoms with van der Waals surface area (Å²) in [5.41, 5.74) is 1.44. The van der Waals surface area contributed by atoms with Crippen LogP contribution < -0.4 is 5.19 Å². The molecule has 0 saturated heterocycles. The molecule has 6 heteroatoms. The Morgan fingerprint density at radius 2 is 1.70 bits per heavy atom. The van der Waals surface area contributed by atoms with Gasteiger partial charge in [-0.25, -0.2) is 13.2 Å². The summed E-state index contributed by atoms with van der Waals surface area (Å²) in [6.07, 6.45) is 4.99. The molecule has 0 radical (unpaired) electrons. The Morgan fingerprint density at radius 1 is 1.07 bits per heavy atom. The van der Waals surface area contributed by atoms with Crippen LogP contribution in [-0.4, -0.2) is 34.3 Å². The van der Waals surface area contributed by atoms with E-state index in [1.165, 1.54) is 6.08 Å². The normalized spacial score (nSPS) is 20.5. The van der Waals surface area contributed by atoms with E-state index in [0.29, 0.717) is 4.90 Å². The van der Waals surface area contributed by atoms with Gasteiger partial charge in [-0.1, -0.05) is 78.5 Å². The molecule has 2 aromatic rings. The van der Waals surface area contributed by atoms with Gasteiger partial charge >= 0.3 is 5.97 Å². The molecule has 0 bridgehead atoms. The van der Waals surface area contributed by atoms with Gasteiger partial charge in [0.05, 0.1) is 24.8 Å².